The molecular formula is C10H13N2+. The summed E-state index contributed by atoms with van der Waals surface area (Å²) >= 11 is 0. The number of azo groups is 2. The average molecular weight is 161 g/mol. The number of benzene rings is 1. The summed E-state index contributed by atoms with van der Waals surface area (Å²) in [5.41, 5.74) is 1.26. The van der Waals surface area contributed by atoms with Crippen LogP contribution in [0.5, 0.6) is 0 Å². The topological polar surface area (TPSA) is 15.4 Å². The van der Waals surface area contributed by atoms with E-state index < -0.39 is 0 Å². The van der Waals surface area contributed by atoms with Crippen LogP contribution in [0.3, 0.4) is 0 Å². The van der Waals surface area contributed by atoms with Gasteiger partial charge in [0, 0.05) is 5.56 Å². The quantitative estimate of drug-likeness (QED) is 0.478. The fourth-order valence-electron chi connectivity index (χ4n) is 1.03. The maximum atomic E-state index is 4.02. The Balaban J connectivity index is 2.64. The molecule has 62 valence electrons. The first-order valence-corrected chi connectivity index (χ1v) is 3.89. The maximum Gasteiger partial charge on any atom is 0.193 e. The first-order chi connectivity index (χ1) is 5.83. The van der Waals surface area contributed by atoms with Crippen LogP contribution in [0.2, 0.25) is 0 Å². The summed E-state index contributed by atoms with van der Waals surface area (Å²) in [7, 11) is 1.93. The van der Waals surface area contributed by atoms with Gasteiger partial charge in [0.25, 0.3) is 0 Å². The Morgan fingerprint density at radius 2 is 2.08 bits per heavy atom. The van der Waals surface area contributed by atoms with Crippen LogP contribution in [0, 0.1) is 0 Å². The summed E-state index contributed by atoms with van der Waals surface area (Å²) in [6.45, 7) is 4.36. The van der Waals surface area contributed by atoms with Gasteiger partial charge < -0.3 is 0 Å². The standard InChI is InChI=1S/C10H13N2/c1-3-11-12(2)9-10-7-5-4-6-8-10/h3-8H,1,9H2,2H3/q+1. The number of rotatable bonds is 3. The van der Waals surface area contributed by atoms with Gasteiger partial charge in [-0.25, -0.2) is 0 Å². The molecule has 1 rings (SSSR count). The van der Waals surface area contributed by atoms with E-state index in [0.29, 0.717) is 0 Å². The van der Waals surface area contributed by atoms with Gasteiger partial charge in [-0.15, -0.1) is 4.70 Å². The molecular weight excluding hydrogens is 148 g/mol. The number of nitrogens with zero attached hydrogens (tertiary/aromatic N) is 2. The lowest BCUT2D eigenvalue weighted by Crippen LogP contribution is -2.01. The van der Waals surface area contributed by atoms with Crippen molar-refractivity contribution in [1.82, 2.24) is 0 Å². The zero-order chi connectivity index (χ0) is 8.81. The normalized spacial score (nSPS) is 11.2. The first kappa shape index (κ1) is 8.65. The van der Waals surface area contributed by atoms with Crippen molar-refractivity contribution >= 4 is 0 Å². The third-order valence-corrected chi connectivity index (χ3v) is 1.53. The van der Waals surface area contributed by atoms with Crippen molar-refractivity contribution < 1.29 is 4.70 Å². The van der Waals surface area contributed by atoms with Crippen molar-refractivity contribution in [1.29, 1.82) is 0 Å². The molecule has 2 nitrogen and oxygen atoms in total. The van der Waals surface area contributed by atoms with Crippen LogP contribution in [0.1, 0.15) is 5.56 Å². The summed E-state index contributed by atoms with van der Waals surface area (Å²) in [6.07, 6.45) is 1.54. The number of hydrogen-bond acceptors (Lipinski definition) is 1. The second-order valence-corrected chi connectivity index (χ2v) is 2.60. The van der Waals surface area contributed by atoms with E-state index in [4.69, 9.17) is 0 Å². The monoisotopic (exact) mass is 161 g/mol. The Morgan fingerprint density at radius 3 is 2.67 bits per heavy atom. The highest BCUT2D eigenvalue weighted by molar-refractivity contribution is 5.13. The summed E-state index contributed by atoms with van der Waals surface area (Å²) in [5.74, 6) is 0. The van der Waals surface area contributed by atoms with Crippen LogP contribution in [-0.4, -0.2) is 11.7 Å². The van der Waals surface area contributed by atoms with Gasteiger partial charge in [-0.1, -0.05) is 36.9 Å². The molecule has 0 aliphatic carbocycles. The minimum absolute atomic E-state index is 0.826. The summed E-state index contributed by atoms with van der Waals surface area (Å²) < 4.78 is 1.85. The molecule has 12 heavy (non-hydrogen) atoms. The average Bonchev–Trinajstić information content (AvgIpc) is 2.06. The molecule has 0 aliphatic heterocycles. The summed E-state index contributed by atoms with van der Waals surface area (Å²) in [6, 6.07) is 10.2. The second-order valence-electron chi connectivity index (χ2n) is 2.60. The molecule has 0 aromatic heterocycles. The third kappa shape index (κ3) is 2.66. The molecule has 0 spiro atoms. The molecule has 0 heterocycles. The minimum Gasteiger partial charge on any atom is -0.121 e. The van der Waals surface area contributed by atoms with E-state index in [1.165, 1.54) is 5.56 Å². The van der Waals surface area contributed by atoms with E-state index in [2.05, 4.69) is 23.8 Å². The van der Waals surface area contributed by atoms with Gasteiger partial charge in [0.1, 0.15) is 0 Å². The highest BCUT2D eigenvalue weighted by atomic mass is 15.2. The van der Waals surface area contributed by atoms with Crippen LogP contribution in [0.25, 0.3) is 0 Å². The van der Waals surface area contributed by atoms with Crippen molar-refractivity contribution in [2.45, 2.75) is 6.54 Å². The Kier molecular flexibility index (Phi) is 3.20. The maximum absolute atomic E-state index is 4.02. The van der Waals surface area contributed by atoms with E-state index >= 15 is 0 Å². The largest absolute Gasteiger partial charge is 0.193 e. The molecule has 0 fully saturated rings. The molecule has 0 atom stereocenters. The zero-order valence-electron chi connectivity index (χ0n) is 7.27. The fraction of sp³-hybridized carbons (Fsp3) is 0.200. The molecule has 0 aliphatic rings. The highest BCUT2D eigenvalue weighted by Crippen LogP contribution is 1.99. The fourth-order valence-corrected chi connectivity index (χ4v) is 1.03. The van der Waals surface area contributed by atoms with Gasteiger partial charge in [-0.3, -0.25) is 0 Å². The van der Waals surface area contributed by atoms with Crippen molar-refractivity contribution in [2.24, 2.45) is 5.11 Å². The lowest BCUT2D eigenvalue weighted by molar-refractivity contribution is -0.578. The van der Waals surface area contributed by atoms with Crippen molar-refractivity contribution in [3.05, 3.63) is 48.7 Å². The van der Waals surface area contributed by atoms with Crippen molar-refractivity contribution in [3.63, 3.8) is 0 Å². The van der Waals surface area contributed by atoms with Crippen LogP contribution >= 0.6 is 0 Å². The molecule has 0 saturated carbocycles. The van der Waals surface area contributed by atoms with Crippen LogP contribution < -0.4 is 0 Å². The first-order valence-electron chi connectivity index (χ1n) is 3.89. The summed E-state index contributed by atoms with van der Waals surface area (Å²) in [4.78, 5) is 0. The Labute approximate surface area is 72.9 Å². The van der Waals surface area contributed by atoms with Crippen molar-refractivity contribution in [3.8, 4) is 0 Å². The zero-order valence-corrected chi connectivity index (χ0v) is 7.27. The lowest BCUT2D eigenvalue weighted by Gasteiger charge is -1.93. The van der Waals surface area contributed by atoms with Crippen molar-refractivity contribution in [2.75, 3.05) is 7.05 Å². The van der Waals surface area contributed by atoms with Crippen LogP contribution in [-0.2, 0) is 6.54 Å². The smallest absolute Gasteiger partial charge is 0.121 e. The highest BCUT2D eigenvalue weighted by Gasteiger charge is 1.97. The van der Waals surface area contributed by atoms with Crippen LogP contribution in [0.4, 0.5) is 0 Å². The van der Waals surface area contributed by atoms with E-state index in [1.807, 2.05) is 29.9 Å². The molecule has 1 aromatic rings. The SMILES string of the molecule is C=CN=[N+](C)Cc1ccccc1. The summed E-state index contributed by atoms with van der Waals surface area (Å²) in [5, 5.41) is 4.02. The molecule has 0 unspecified atom stereocenters. The van der Waals surface area contributed by atoms with E-state index in [1.54, 1.807) is 6.20 Å². The van der Waals surface area contributed by atoms with Gasteiger partial charge in [0.2, 0.25) is 0 Å². The second kappa shape index (κ2) is 4.44. The molecule has 0 N–H and O–H groups in total. The molecule has 0 bridgehead atoms. The van der Waals surface area contributed by atoms with Gasteiger partial charge in [0.05, 0.1) is 6.20 Å². The van der Waals surface area contributed by atoms with Gasteiger partial charge in [-0.05, 0) is 5.11 Å². The predicted molar refractivity (Wildman–Crippen MR) is 49.0 cm³/mol. The van der Waals surface area contributed by atoms with Gasteiger partial charge in [-0.2, -0.15) is 0 Å². The predicted octanol–water partition coefficient (Wildman–Crippen LogP) is 2.42. The number of hydrogen-bond donors (Lipinski definition) is 0. The lowest BCUT2D eigenvalue weighted by atomic mass is 10.2. The molecule has 0 amide bonds. The van der Waals surface area contributed by atoms with Crippen LogP contribution in [0.15, 0.2) is 48.2 Å². The Morgan fingerprint density at radius 1 is 1.42 bits per heavy atom. The Hall–Kier alpha value is -1.44. The third-order valence-electron chi connectivity index (χ3n) is 1.53. The van der Waals surface area contributed by atoms with Gasteiger partial charge >= 0.3 is 0 Å². The molecule has 2 heteroatoms. The van der Waals surface area contributed by atoms with E-state index in [0.717, 1.165) is 6.54 Å². The molecule has 1 aromatic carbocycles. The minimum atomic E-state index is 0.826. The Bertz CT molecular complexity index is 275. The van der Waals surface area contributed by atoms with Gasteiger partial charge in [0.15, 0.2) is 13.6 Å². The molecule has 0 radical (unpaired) electrons. The molecule has 0 saturated heterocycles. The van der Waals surface area contributed by atoms with E-state index in [-0.39, 0.29) is 0 Å². The van der Waals surface area contributed by atoms with E-state index in [9.17, 15) is 0 Å².